The molecule has 2 saturated heterocycles. The number of nitrogens with zero attached hydrogens (tertiary/aromatic N) is 3. The van der Waals surface area contributed by atoms with Crippen molar-refractivity contribution in [2.75, 3.05) is 32.8 Å². The maximum absolute atomic E-state index is 12.8. The van der Waals surface area contributed by atoms with Gasteiger partial charge in [0.05, 0.1) is 24.5 Å². The highest BCUT2D eigenvalue weighted by molar-refractivity contribution is 6.05. The number of hydrogen-bond acceptors (Lipinski definition) is 4. The fourth-order valence-electron chi connectivity index (χ4n) is 5.26. The van der Waals surface area contributed by atoms with Gasteiger partial charge in [-0.2, -0.15) is 0 Å². The van der Waals surface area contributed by atoms with Gasteiger partial charge in [0.2, 0.25) is 11.8 Å². The average Bonchev–Trinajstić information content (AvgIpc) is 3.07. The molecule has 2 fully saturated rings. The number of rotatable bonds is 5. The quantitative estimate of drug-likeness (QED) is 0.555. The molecule has 2 amide bonds. The molecule has 160 valence electrons. The van der Waals surface area contributed by atoms with Crippen molar-refractivity contribution in [3.05, 3.63) is 83.9 Å². The van der Waals surface area contributed by atoms with Crippen molar-refractivity contribution in [2.24, 2.45) is 11.8 Å². The van der Waals surface area contributed by atoms with Gasteiger partial charge in [-0.15, -0.1) is 0 Å². The van der Waals surface area contributed by atoms with Gasteiger partial charge in [0.1, 0.15) is 0 Å². The summed E-state index contributed by atoms with van der Waals surface area (Å²) < 4.78 is 0. The van der Waals surface area contributed by atoms with Gasteiger partial charge in [0.25, 0.3) is 0 Å². The Labute approximate surface area is 183 Å². The molecule has 2 aliphatic heterocycles. The number of imide groups is 1. The summed E-state index contributed by atoms with van der Waals surface area (Å²) in [6, 6.07) is 21.5. The van der Waals surface area contributed by atoms with Crippen LogP contribution in [0.5, 0.6) is 0 Å². The lowest BCUT2D eigenvalue weighted by molar-refractivity contribution is -0.142. The molecule has 5 nitrogen and oxygen atoms in total. The van der Waals surface area contributed by atoms with E-state index in [1.54, 1.807) is 0 Å². The van der Waals surface area contributed by atoms with Crippen LogP contribution in [-0.4, -0.2) is 59.4 Å². The van der Waals surface area contributed by atoms with Crippen LogP contribution in [0.3, 0.4) is 0 Å². The molecule has 31 heavy (non-hydrogen) atoms. The molecule has 2 unspecified atom stereocenters. The number of benzene rings is 2. The Hall–Kier alpha value is -2.76. The largest absolute Gasteiger partial charge is 0.290 e. The summed E-state index contributed by atoms with van der Waals surface area (Å²) in [5, 5.41) is 0. The van der Waals surface area contributed by atoms with Crippen molar-refractivity contribution in [2.45, 2.75) is 18.9 Å². The van der Waals surface area contributed by atoms with Crippen molar-refractivity contribution in [3.8, 4) is 0 Å². The molecule has 0 N–H and O–H groups in total. The highest BCUT2D eigenvalue weighted by Gasteiger charge is 2.47. The number of hydrogen-bond donors (Lipinski definition) is 0. The SMILES string of the molecule is O=C1C2CC=CCC2C(=O)N1CN1CCN(C(c2ccccc2)c2ccccc2)CC1. The number of carbonyl (C=O) groups excluding carboxylic acids is 2. The van der Waals surface area contributed by atoms with Gasteiger partial charge in [0, 0.05) is 26.2 Å². The molecule has 0 saturated carbocycles. The minimum atomic E-state index is -0.140. The van der Waals surface area contributed by atoms with Crippen molar-refractivity contribution in [3.63, 3.8) is 0 Å². The Balaban J connectivity index is 1.26. The summed E-state index contributed by atoms with van der Waals surface area (Å²) in [5.41, 5.74) is 2.59. The summed E-state index contributed by atoms with van der Waals surface area (Å²) in [6.45, 7) is 3.93. The predicted octanol–water partition coefficient (Wildman–Crippen LogP) is 3.30. The molecule has 1 aliphatic carbocycles. The maximum Gasteiger partial charge on any atom is 0.234 e. The van der Waals surface area contributed by atoms with E-state index >= 15 is 0 Å². The first-order valence-corrected chi connectivity index (χ1v) is 11.3. The zero-order chi connectivity index (χ0) is 21.2. The molecule has 0 aromatic heterocycles. The highest BCUT2D eigenvalue weighted by atomic mass is 16.2. The van der Waals surface area contributed by atoms with E-state index in [1.165, 1.54) is 16.0 Å². The van der Waals surface area contributed by atoms with Gasteiger partial charge in [0.15, 0.2) is 0 Å². The van der Waals surface area contributed by atoms with Crippen molar-refractivity contribution in [1.29, 1.82) is 0 Å². The number of likely N-dealkylation sites (tertiary alicyclic amines) is 1. The molecule has 3 aliphatic rings. The zero-order valence-corrected chi connectivity index (χ0v) is 17.8. The molecule has 5 rings (SSSR count). The molecular weight excluding hydrogens is 386 g/mol. The van der Waals surface area contributed by atoms with Gasteiger partial charge >= 0.3 is 0 Å². The fourth-order valence-corrected chi connectivity index (χ4v) is 5.26. The fraction of sp³-hybridized carbons (Fsp3) is 0.385. The minimum absolute atomic E-state index is 0.0215. The van der Waals surface area contributed by atoms with Crippen LogP contribution in [0.15, 0.2) is 72.8 Å². The third kappa shape index (κ3) is 3.95. The highest BCUT2D eigenvalue weighted by Crippen LogP contribution is 2.35. The molecular formula is C26H29N3O2. The minimum Gasteiger partial charge on any atom is -0.290 e. The molecule has 2 aromatic carbocycles. The van der Waals surface area contributed by atoms with Gasteiger partial charge in [-0.3, -0.25) is 24.3 Å². The number of amides is 2. The van der Waals surface area contributed by atoms with Crippen molar-refractivity contribution < 1.29 is 9.59 Å². The summed E-state index contributed by atoms with van der Waals surface area (Å²) in [7, 11) is 0. The van der Waals surface area contributed by atoms with E-state index in [-0.39, 0.29) is 29.7 Å². The van der Waals surface area contributed by atoms with Crippen LogP contribution in [0.25, 0.3) is 0 Å². The molecule has 0 spiro atoms. The summed E-state index contributed by atoms with van der Waals surface area (Å²) in [4.78, 5) is 31.9. The monoisotopic (exact) mass is 415 g/mol. The zero-order valence-electron chi connectivity index (χ0n) is 17.8. The normalized spacial score (nSPS) is 24.7. The lowest BCUT2D eigenvalue weighted by Crippen LogP contribution is -2.52. The van der Waals surface area contributed by atoms with Gasteiger partial charge < -0.3 is 0 Å². The molecule has 5 heteroatoms. The predicted molar refractivity (Wildman–Crippen MR) is 120 cm³/mol. The number of carbonyl (C=O) groups is 2. The van der Waals surface area contributed by atoms with Gasteiger partial charge in [-0.25, -0.2) is 0 Å². The van der Waals surface area contributed by atoms with Gasteiger partial charge in [-0.05, 0) is 24.0 Å². The first-order chi connectivity index (χ1) is 15.2. The number of piperazine rings is 1. The summed E-state index contributed by atoms with van der Waals surface area (Å²) >= 11 is 0. The van der Waals surface area contributed by atoms with E-state index in [0.717, 1.165) is 26.2 Å². The van der Waals surface area contributed by atoms with E-state index in [9.17, 15) is 9.59 Å². The summed E-state index contributed by atoms with van der Waals surface area (Å²) in [6.07, 6.45) is 5.49. The first kappa shape index (κ1) is 20.2. The van der Waals surface area contributed by atoms with E-state index < -0.39 is 0 Å². The Kier molecular flexibility index (Phi) is 5.70. The topological polar surface area (TPSA) is 43.9 Å². The second-order valence-electron chi connectivity index (χ2n) is 8.78. The number of allylic oxidation sites excluding steroid dienone is 2. The van der Waals surface area contributed by atoms with Crippen molar-refractivity contribution >= 4 is 11.8 Å². The van der Waals surface area contributed by atoms with E-state index in [4.69, 9.17) is 0 Å². The lowest BCUT2D eigenvalue weighted by Gasteiger charge is -2.40. The first-order valence-electron chi connectivity index (χ1n) is 11.3. The van der Waals surface area contributed by atoms with Crippen LogP contribution in [-0.2, 0) is 9.59 Å². The Morgan fingerprint density at radius 2 is 1.19 bits per heavy atom. The van der Waals surface area contributed by atoms with E-state index in [1.807, 2.05) is 12.2 Å². The van der Waals surface area contributed by atoms with Crippen molar-refractivity contribution in [1.82, 2.24) is 14.7 Å². The third-order valence-corrected chi connectivity index (χ3v) is 6.94. The molecule has 2 heterocycles. The third-order valence-electron chi connectivity index (χ3n) is 6.94. The smallest absolute Gasteiger partial charge is 0.234 e. The average molecular weight is 416 g/mol. The second kappa shape index (κ2) is 8.77. The number of fused-ring (bicyclic) bond motifs is 1. The van der Waals surface area contributed by atoms with Crippen LogP contribution in [0.1, 0.15) is 30.0 Å². The Morgan fingerprint density at radius 3 is 1.68 bits per heavy atom. The van der Waals surface area contributed by atoms with Crippen LogP contribution >= 0.6 is 0 Å². The molecule has 0 radical (unpaired) electrons. The van der Waals surface area contributed by atoms with E-state index in [2.05, 4.69) is 70.5 Å². The summed E-state index contributed by atoms with van der Waals surface area (Å²) in [5.74, 6) is -0.236. The standard InChI is InChI=1S/C26H29N3O2/c30-25-22-13-7-8-14-23(22)26(31)29(25)19-27-15-17-28(18-16-27)24(20-9-3-1-4-10-20)21-11-5-2-6-12-21/h1-12,22-24H,13-19H2. The van der Waals surface area contributed by atoms with E-state index in [0.29, 0.717) is 19.5 Å². The maximum atomic E-state index is 12.8. The molecule has 2 atom stereocenters. The Morgan fingerprint density at radius 1 is 0.710 bits per heavy atom. The van der Waals surface area contributed by atoms with Crippen LogP contribution < -0.4 is 0 Å². The van der Waals surface area contributed by atoms with Crippen LogP contribution in [0.4, 0.5) is 0 Å². The van der Waals surface area contributed by atoms with Gasteiger partial charge in [-0.1, -0.05) is 72.8 Å². The lowest BCUT2D eigenvalue weighted by atomic mass is 9.85. The molecule has 2 aromatic rings. The second-order valence-corrected chi connectivity index (χ2v) is 8.78. The van der Waals surface area contributed by atoms with Crippen LogP contribution in [0.2, 0.25) is 0 Å². The molecule has 0 bridgehead atoms. The van der Waals surface area contributed by atoms with Crippen LogP contribution in [0, 0.1) is 11.8 Å². The Bertz CT molecular complexity index is 886.